The monoisotopic (exact) mass is 278 g/mol. The van der Waals surface area contributed by atoms with E-state index in [1.807, 2.05) is 6.07 Å². The summed E-state index contributed by atoms with van der Waals surface area (Å²) in [6, 6.07) is 5.10. The average molecular weight is 280 g/mol. The van der Waals surface area contributed by atoms with Crippen LogP contribution in [0, 0.1) is 5.82 Å². The maximum atomic E-state index is 13.1. The second-order valence-electron chi connectivity index (χ2n) is 3.26. The van der Waals surface area contributed by atoms with E-state index >= 15 is 0 Å². The number of alkyl halides is 1. The van der Waals surface area contributed by atoms with E-state index in [4.69, 9.17) is 11.6 Å². The highest BCUT2D eigenvalue weighted by Gasteiger charge is 2.07. The molecule has 0 aliphatic heterocycles. The Balaban J connectivity index is 2.63. The molecule has 0 aromatic heterocycles. The molecule has 1 aromatic rings. The first-order valence-electron chi connectivity index (χ1n) is 4.72. The second kappa shape index (κ2) is 5.72. The van der Waals surface area contributed by atoms with Gasteiger partial charge in [-0.25, -0.2) is 4.39 Å². The molecule has 78 valence electrons. The zero-order valence-electron chi connectivity index (χ0n) is 8.06. The van der Waals surface area contributed by atoms with E-state index < -0.39 is 0 Å². The van der Waals surface area contributed by atoms with Crippen molar-refractivity contribution in [1.29, 1.82) is 0 Å². The molecule has 0 saturated heterocycles. The molecule has 0 bridgehead atoms. The van der Waals surface area contributed by atoms with E-state index in [2.05, 4.69) is 22.9 Å². The van der Waals surface area contributed by atoms with Crippen molar-refractivity contribution in [1.82, 2.24) is 0 Å². The molecule has 1 aromatic carbocycles. The topological polar surface area (TPSA) is 0 Å². The summed E-state index contributed by atoms with van der Waals surface area (Å²) in [6.45, 7) is 2.05. The average Bonchev–Trinajstić information content (AvgIpc) is 2.20. The second-order valence-corrected chi connectivity index (χ2v) is 4.67. The minimum Gasteiger partial charge on any atom is -0.206 e. The zero-order valence-corrected chi connectivity index (χ0v) is 10.4. The fraction of sp³-hybridized carbons (Fsp3) is 0.455. The number of halogens is 3. The van der Waals surface area contributed by atoms with Gasteiger partial charge >= 0.3 is 0 Å². The normalized spacial score (nSPS) is 12.9. The Bertz CT molecular complexity index is 301. The molecule has 0 spiro atoms. The van der Waals surface area contributed by atoms with Crippen LogP contribution in [-0.2, 0) is 6.42 Å². The highest BCUT2D eigenvalue weighted by molar-refractivity contribution is 9.10. The lowest BCUT2D eigenvalue weighted by molar-refractivity contribution is 0.616. The first-order valence-corrected chi connectivity index (χ1v) is 5.95. The van der Waals surface area contributed by atoms with Crippen molar-refractivity contribution in [3.63, 3.8) is 0 Å². The van der Waals surface area contributed by atoms with Gasteiger partial charge in [0, 0.05) is 5.38 Å². The SMILES string of the molecule is CCC(Cl)CCc1cccc(F)c1Br. The minimum absolute atomic E-state index is 0.185. The van der Waals surface area contributed by atoms with Crippen molar-refractivity contribution in [3.05, 3.63) is 34.1 Å². The van der Waals surface area contributed by atoms with Gasteiger partial charge in [0.1, 0.15) is 5.82 Å². The van der Waals surface area contributed by atoms with Gasteiger partial charge in [-0.3, -0.25) is 0 Å². The summed E-state index contributed by atoms with van der Waals surface area (Å²) in [5.74, 6) is -0.204. The molecule has 1 unspecified atom stereocenters. The molecule has 0 fully saturated rings. The summed E-state index contributed by atoms with van der Waals surface area (Å²) in [6.07, 6.45) is 2.66. The lowest BCUT2D eigenvalue weighted by Crippen LogP contribution is -1.99. The molecule has 0 amide bonds. The van der Waals surface area contributed by atoms with Gasteiger partial charge in [-0.05, 0) is 46.8 Å². The van der Waals surface area contributed by atoms with Crippen LogP contribution >= 0.6 is 27.5 Å². The summed E-state index contributed by atoms with van der Waals surface area (Å²) < 4.78 is 13.7. The number of aryl methyl sites for hydroxylation is 1. The van der Waals surface area contributed by atoms with Crippen molar-refractivity contribution in [3.8, 4) is 0 Å². The third-order valence-electron chi connectivity index (χ3n) is 2.20. The van der Waals surface area contributed by atoms with Crippen LogP contribution < -0.4 is 0 Å². The molecule has 14 heavy (non-hydrogen) atoms. The molecule has 1 rings (SSSR count). The van der Waals surface area contributed by atoms with Crippen LogP contribution in [0.5, 0.6) is 0 Å². The predicted molar refractivity (Wildman–Crippen MR) is 62.4 cm³/mol. The fourth-order valence-corrected chi connectivity index (χ4v) is 1.83. The quantitative estimate of drug-likeness (QED) is 0.710. The number of rotatable bonds is 4. The highest BCUT2D eigenvalue weighted by Crippen LogP contribution is 2.23. The minimum atomic E-state index is -0.204. The van der Waals surface area contributed by atoms with Crippen molar-refractivity contribution in [2.45, 2.75) is 31.6 Å². The van der Waals surface area contributed by atoms with Gasteiger partial charge < -0.3 is 0 Å². The molecule has 0 nitrogen and oxygen atoms in total. The summed E-state index contributed by atoms with van der Waals surface area (Å²) in [5, 5.41) is 0.185. The Kier molecular flexibility index (Phi) is 4.90. The van der Waals surface area contributed by atoms with Gasteiger partial charge in [0.05, 0.1) is 4.47 Å². The fourth-order valence-electron chi connectivity index (χ4n) is 1.26. The molecule has 0 N–H and O–H groups in total. The molecule has 1 atom stereocenters. The van der Waals surface area contributed by atoms with Crippen LogP contribution in [0.15, 0.2) is 22.7 Å². The third-order valence-corrected chi connectivity index (χ3v) is 3.62. The Hall–Kier alpha value is -0.0800. The van der Waals surface area contributed by atoms with Crippen molar-refractivity contribution < 1.29 is 4.39 Å². The Labute approximate surface area is 97.6 Å². The van der Waals surface area contributed by atoms with Crippen LogP contribution in [0.4, 0.5) is 4.39 Å². The Morgan fingerprint density at radius 1 is 1.50 bits per heavy atom. The van der Waals surface area contributed by atoms with E-state index in [0.717, 1.165) is 24.8 Å². The Morgan fingerprint density at radius 3 is 2.86 bits per heavy atom. The van der Waals surface area contributed by atoms with E-state index in [0.29, 0.717) is 4.47 Å². The smallest absolute Gasteiger partial charge is 0.137 e. The number of hydrogen-bond acceptors (Lipinski definition) is 0. The summed E-state index contributed by atoms with van der Waals surface area (Å²) in [4.78, 5) is 0. The third kappa shape index (κ3) is 3.25. The van der Waals surface area contributed by atoms with E-state index in [1.165, 1.54) is 6.07 Å². The summed E-state index contributed by atoms with van der Waals surface area (Å²) in [7, 11) is 0. The van der Waals surface area contributed by atoms with Gasteiger partial charge in [-0.2, -0.15) is 0 Å². The first kappa shape index (κ1) is 12.0. The van der Waals surface area contributed by atoms with Gasteiger partial charge in [0.25, 0.3) is 0 Å². The molecular formula is C11H13BrClF. The van der Waals surface area contributed by atoms with Gasteiger partial charge in [0.15, 0.2) is 0 Å². The maximum Gasteiger partial charge on any atom is 0.137 e. The lowest BCUT2D eigenvalue weighted by Gasteiger charge is -2.08. The highest BCUT2D eigenvalue weighted by atomic mass is 79.9. The molecule has 3 heteroatoms. The Morgan fingerprint density at radius 2 is 2.21 bits per heavy atom. The standard InChI is InChI=1S/C11H13BrClF/c1-2-9(13)7-6-8-4-3-5-10(14)11(8)12/h3-5,9H,2,6-7H2,1H3. The van der Waals surface area contributed by atoms with Gasteiger partial charge in [-0.1, -0.05) is 19.1 Å². The summed E-state index contributed by atoms with van der Waals surface area (Å²) in [5.41, 5.74) is 0.990. The maximum absolute atomic E-state index is 13.1. The van der Waals surface area contributed by atoms with Gasteiger partial charge in [-0.15, -0.1) is 11.6 Å². The molecular weight excluding hydrogens is 266 g/mol. The molecule has 0 saturated carbocycles. The van der Waals surface area contributed by atoms with Crippen LogP contribution in [0.1, 0.15) is 25.3 Å². The molecule has 0 aliphatic carbocycles. The molecule has 0 radical (unpaired) electrons. The van der Waals surface area contributed by atoms with Crippen LogP contribution in [0.3, 0.4) is 0 Å². The largest absolute Gasteiger partial charge is 0.206 e. The first-order chi connectivity index (χ1) is 6.65. The van der Waals surface area contributed by atoms with Crippen molar-refractivity contribution in [2.75, 3.05) is 0 Å². The van der Waals surface area contributed by atoms with E-state index in [1.54, 1.807) is 6.07 Å². The van der Waals surface area contributed by atoms with Gasteiger partial charge in [0.2, 0.25) is 0 Å². The van der Waals surface area contributed by atoms with Crippen LogP contribution in [0.25, 0.3) is 0 Å². The van der Waals surface area contributed by atoms with Crippen molar-refractivity contribution in [2.24, 2.45) is 0 Å². The van der Waals surface area contributed by atoms with Crippen LogP contribution in [-0.4, -0.2) is 5.38 Å². The van der Waals surface area contributed by atoms with E-state index in [-0.39, 0.29) is 11.2 Å². The molecule has 0 aliphatic rings. The predicted octanol–water partition coefficient (Wildman–Crippen LogP) is 4.54. The van der Waals surface area contributed by atoms with Crippen LogP contribution in [0.2, 0.25) is 0 Å². The van der Waals surface area contributed by atoms with Crippen molar-refractivity contribution >= 4 is 27.5 Å². The summed E-state index contributed by atoms with van der Waals surface area (Å²) >= 11 is 9.23. The van der Waals surface area contributed by atoms with E-state index in [9.17, 15) is 4.39 Å². The number of benzene rings is 1. The number of hydrogen-bond donors (Lipinski definition) is 0. The zero-order chi connectivity index (χ0) is 10.6. The molecule has 0 heterocycles. The lowest BCUT2D eigenvalue weighted by atomic mass is 10.1.